The number of Topliss-reactive ketones (excluding diaryl/α,β-unsaturated/α-hetero) is 1. The lowest BCUT2D eigenvalue weighted by Gasteiger charge is -2.18. The van der Waals surface area contributed by atoms with Crippen molar-refractivity contribution in [3.63, 3.8) is 0 Å². The molecule has 0 unspecified atom stereocenters. The van der Waals surface area contributed by atoms with Crippen molar-refractivity contribution >= 4 is 17.9 Å². The molecule has 0 amide bonds. The van der Waals surface area contributed by atoms with Gasteiger partial charge in [-0.05, 0) is 54.7 Å². The summed E-state index contributed by atoms with van der Waals surface area (Å²) in [6, 6.07) is 9.77. The molecule has 152 valence electrons. The van der Waals surface area contributed by atoms with E-state index in [9.17, 15) is 31.1 Å². The number of halogens is 6. The largest absolute Gasteiger partial charge is 0.416 e. The summed E-state index contributed by atoms with van der Waals surface area (Å²) in [7, 11) is 0. The average molecular weight is 410 g/mol. The number of allylic oxidation sites excluding steroid dienone is 2. The van der Waals surface area contributed by atoms with Crippen LogP contribution in [-0.4, -0.2) is 5.78 Å². The Morgan fingerprint density at radius 2 is 1.03 bits per heavy atom. The van der Waals surface area contributed by atoms with Gasteiger partial charge in [0.2, 0.25) is 0 Å². The molecular formula is C22H16F6O. The van der Waals surface area contributed by atoms with Crippen molar-refractivity contribution in [2.75, 3.05) is 0 Å². The zero-order chi connectivity index (χ0) is 21.2. The molecule has 0 N–H and O–H groups in total. The van der Waals surface area contributed by atoms with Gasteiger partial charge in [0.05, 0.1) is 11.1 Å². The molecule has 3 rings (SSSR count). The highest BCUT2D eigenvalue weighted by molar-refractivity contribution is 6.14. The summed E-state index contributed by atoms with van der Waals surface area (Å²) in [4.78, 5) is 12.8. The number of alkyl halides is 6. The summed E-state index contributed by atoms with van der Waals surface area (Å²) in [6.07, 6.45) is -5.77. The third-order valence-electron chi connectivity index (χ3n) is 4.67. The topological polar surface area (TPSA) is 17.1 Å². The maximum Gasteiger partial charge on any atom is 0.416 e. The number of carbonyl (C=O) groups excluding carboxylic acids is 1. The lowest BCUT2D eigenvalue weighted by atomic mass is 9.86. The normalized spacial score (nSPS) is 18.5. The molecule has 1 fully saturated rings. The molecule has 1 aliphatic rings. The van der Waals surface area contributed by atoms with E-state index >= 15 is 0 Å². The first-order valence-electron chi connectivity index (χ1n) is 8.85. The van der Waals surface area contributed by atoms with Crippen molar-refractivity contribution in [3.05, 3.63) is 81.9 Å². The summed E-state index contributed by atoms with van der Waals surface area (Å²) in [6.45, 7) is 0. The summed E-state index contributed by atoms with van der Waals surface area (Å²) in [5, 5.41) is 0. The molecule has 0 aliphatic heterocycles. The van der Waals surface area contributed by atoms with E-state index in [1.54, 1.807) is 0 Å². The molecule has 0 spiro atoms. The number of carbonyl (C=O) groups is 1. The molecule has 1 saturated carbocycles. The molecule has 0 heterocycles. The van der Waals surface area contributed by atoms with Gasteiger partial charge < -0.3 is 0 Å². The van der Waals surface area contributed by atoms with E-state index in [1.165, 1.54) is 48.6 Å². The van der Waals surface area contributed by atoms with Gasteiger partial charge in [0.1, 0.15) is 0 Å². The van der Waals surface area contributed by atoms with Crippen molar-refractivity contribution in [1.82, 2.24) is 0 Å². The van der Waals surface area contributed by atoms with Crippen molar-refractivity contribution in [2.45, 2.75) is 31.6 Å². The minimum absolute atomic E-state index is 0.139. The van der Waals surface area contributed by atoms with Gasteiger partial charge in [0.25, 0.3) is 0 Å². The smallest absolute Gasteiger partial charge is 0.289 e. The molecule has 0 aromatic heterocycles. The maximum atomic E-state index is 13.2. The number of rotatable bonds is 2. The Balaban J connectivity index is 2.00. The zero-order valence-corrected chi connectivity index (χ0v) is 15.1. The molecule has 0 saturated heterocycles. The Kier molecular flexibility index (Phi) is 5.68. The average Bonchev–Trinajstić information content (AvgIpc) is 2.64. The first kappa shape index (κ1) is 20.9. The second-order valence-corrected chi connectivity index (χ2v) is 6.69. The van der Waals surface area contributed by atoms with Gasteiger partial charge in [-0.3, -0.25) is 4.79 Å². The lowest BCUT2D eigenvalue weighted by Crippen LogP contribution is -2.14. The van der Waals surface area contributed by atoms with Crippen molar-refractivity contribution in [3.8, 4) is 0 Å². The SMILES string of the molecule is O=C1/C(=C/c2ccccc2C(F)(F)F)CCC/C1=C\c1ccccc1C(F)(F)F. The van der Waals surface area contributed by atoms with Gasteiger partial charge in [-0.2, -0.15) is 26.3 Å². The van der Waals surface area contributed by atoms with Crippen LogP contribution >= 0.6 is 0 Å². The van der Waals surface area contributed by atoms with E-state index in [-0.39, 0.29) is 35.1 Å². The van der Waals surface area contributed by atoms with E-state index in [4.69, 9.17) is 0 Å². The van der Waals surface area contributed by atoms with E-state index < -0.39 is 29.3 Å². The summed E-state index contributed by atoms with van der Waals surface area (Å²) in [5.74, 6) is -0.523. The molecular weight excluding hydrogens is 394 g/mol. The molecule has 0 radical (unpaired) electrons. The highest BCUT2D eigenvalue weighted by Gasteiger charge is 2.34. The fraction of sp³-hybridized carbons (Fsp3) is 0.227. The number of hydrogen-bond donors (Lipinski definition) is 0. The lowest BCUT2D eigenvalue weighted by molar-refractivity contribution is -0.138. The fourth-order valence-corrected chi connectivity index (χ4v) is 3.32. The fourth-order valence-electron chi connectivity index (χ4n) is 3.32. The molecule has 0 atom stereocenters. The van der Waals surface area contributed by atoms with Crippen LogP contribution in [0.4, 0.5) is 26.3 Å². The molecule has 1 nitrogen and oxygen atoms in total. The Hall–Kier alpha value is -2.83. The van der Waals surface area contributed by atoms with Crippen LogP contribution < -0.4 is 0 Å². The van der Waals surface area contributed by atoms with Crippen LogP contribution in [-0.2, 0) is 17.1 Å². The van der Waals surface area contributed by atoms with Gasteiger partial charge in [-0.1, -0.05) is 36.4 Å². The van der Waals surface area contributed by atoms with E-state index in [0.29, 0.717) is 6.42 Å². The number of benzene rings is 2. The summed E-state index contributed by atoms with van der Waals surface area (Å²) >= 11 is 0. The Bertz CT molecular complexity index is 902. The van der Waals surface area contributed by atoms with Crippen molar-refractivity contribution < 1.29 is 31.1 Å². The first-order chi connectivity index (χ1) is 13.6. The second kappa shape index (κ2) is 7.89. The van der Waals surface area contributed by atoms with E-state index in [0.717, 1.165) is 12.1 Å². The minimum atomic E-state index is -4.57. The van der Waals surface area contributed by atoms with E-state index in [2.05, 4.69) is 0 Å². The predicted molar refractivity (Wildman–Crippen MR) is 97.7 cm³/mol. The van der Waals surface area contributed by atoms with Crippen LogP contribution in [0.1, 0.15) is 41.5 Å². The molecule has 2 aromatic carbocycles. The van der Waals surface area contributed by atoms with E-state index in [1.807, 2.05) is 0 Å². The third kappa shape index (κ3) is 4.78. The maximum absolute atomic E-state index is 13.2. The van der Waals surface area contributed by atoms with Gasteiger partial charge in [0.15, 0.2) is 5.78 Å². The summed E-state index contributed by atoms with van der Waals surface area (Å²) in [5.41, 5.74) is -1.69. The molecule has 1 aliphatic carbocycles. The Labute approximate surface area is 163 Å². The predicted octanol–water partition coefficient (Wildman–Crippen LogP) is 6.94. The van der Waals surface area contributed by atoms with Crippen molar-refractivity contribution in [2.24, 2.45) is 0 Å². The van der Waals surface area contributed by atoms with Crippen LogP contribution in [0.15, 0.2) is 59.7 Å². The number of hydrogen-bond acceptors (Lipinski definition) is 1. The molecule has 29 heavy (non-hydrogen) atoms. The Morgan fingerprint density at radius 1 is 0.655 bits per heavy atom. The quantitative estimate of drug-likeness (QED) is 0.387. The van der Waals surface area contributed by atoms with Gasteiger partial charge in [0, 0.05) is 11.1 Å². The van der Waals surface area contributed by atoms with Crippen LogP contribution in [0, 0.1) is 0 Å². The van der Waals surface area contributed by atoms with Gasteiger partial charge >= 0.3 is 12.4 Å². The van der Waals surface area contributed by atoms with Crippen LogP contribution in [0.2, 0.25) is 0 Å². The first-order valence-corrected chi connectivity index (χ1v) is 8.85. The summed E-state index contributed by atoms with van der Waals surface area (Å²) < 4.78 is 79.1. The monoisotopic (exact) mass is 410 g/mol. The third-order valence-corrected chi connectivity index (χ3v) is 4.67. The minimum Gasteiger partial charge on any atom is -0.289 e. The highest BCUT2D eigenvalue weighted by Crippen LogP contribution is 2.36. The zero-order valence-electron chi connectivity index (χ0n) is 15.1. The molecule has 7 heteroatoms. The van der Waals surface area contributed by atoms with Crippen molar-refractivity contribution in [1.29, 1.82) is 0 Å². The van der Waals surface area contributed by atoms with Crippen LogP contribution in [0.25, 0.3) is 12.2 Å². The highest BCUT2D eigenvalue weighted by atomic mass is 19.4. The standard InChI is InChI=1S/C22H16F6O/c23-21(24,25)18-10-3-1-6-14(18)12-16-8-5-9-17(20(16)29)13-15-7-2-4-11-19(15)22(26,27)28/h1-4,6-7,10-13H,5,8-9H2/b16-12+,17-13+. The molecule has 0 bridgehead atoms. The van der Waals surface area contributed by atoms with Crippen LogP contribution in [0.5, 0.6) is 0 Å². The molecule has 2 aromatic rings. The second-order valence-electron chi connectivity index (χ2n) is 6.69. The Morgan fingerprint density at radius 3 is 1.41 bits per heavy atom. The number of ketones is 1. The van der Waals surface area contributed by atoms with Gasteiger partial charge in [-0.25, -0.2) is 0 Å². The van der Waals surface area contributed by atoms with Gasteiger partial charge in [-0.15, -0.1) is 0 Å². The van der Waals surface area contributed by atoms with Crippen LogP contribution in [0.3, 0.4) is 0 Å².